The number of hydrogen-bond acceptors (Lipinski definition) is 3. The molecule has 100 valence electrons. The van der Waals surface area contributed by atoms with Crippen LogP contribution in [0.15, 0.2) is 17.2 Å². The minimum absolute atomic E-state index is 0.00414. The number of aryl methyl sites for hydroxylation is 1. The average Bonchev–Trinajstić information content (AvgIpc) is 2.58. The van der Waals surface area contributed by atoms with Crippen molar-refractivity contribution in [3.63, 3.8) is 0 Å². The molecule has 1 aliphatic rings. The van der Waals surface area contributed by atoms with Crippen molar-refractivity contribution >= 4 is 16.0 Å². The molecule has 1 aromatic heterocycles. The average molecular weight is 272 g/mol. The number of nitrogens with zero attached hydrogens (tertiary/aromatic N) is 1. The molecular weight excluding hydrogens is 256 g/mol. The van der Waals surface area contributed by atoms with Gasteiger partial charge < -0.3 is 9.67 Å². The molecule has 2 N–H and O–H groups in total. The number of sulfonamides is 1. The molecule has 0 spiro atoms. The normalized spacial score (nSPS) is 18.3. The summed E-state index contributed by atoms with van der Waals surface area (Å²) in [5, 5.41) is 8.90. The minimum atomic E-state index is -3.65. The molecule has 0 amide bonds. The van der Waals surface area contributed by atoms with Crippen LogP contribution in [0.1, 0.15) is 36.7 Å². The van der Waals surface area contributed by atoms with Crippen LogP contribution in [0.3, 0.4) is 0 Å². The van der Waals surface area contributed by atoms with Crippen molar-refractivity contribution < 1.29 is 18.3 Å². The number of rotatable bonds is 4. The summed E-state index contributed by atoms with van der Waals surface area (Å²) in [5.41, 5.74) is -0.438. The molecular formula is C11H16N2O4S. The third kappa shape index (κ3) is 2.28. The number of hydrogen-bond donors (Lipinski definition) is 2. The van der Waals surface area contributed by atoms with Crippen LogP contribution < -0.4 is 4.72 Å². The number of carbonyl (C=O) groups is 1. The highest BCUT2D eigenvalue weighted by Crippen LogP contribution is 2.32. The quantitative estimate of drug-likeness (QED) is 0.854. The van der Waals surface area contributed by atoms with Crippen LogP contribution in [-0.2, 0) is 17.1 Å². The SMILES string of the molecule is Cn1cc(S(=O)(=O)NC2(C)CCC2)cc1C(=O)O. The van der Waals surface area contributed by atoms with Crippen molar-refractivity contribution in [3.05, 3.63) is 18.0 Å². The smallest absolute Gasteiger partial charge is 0.352 e. The summed E-state index contributed by atoms with van der Waals surface area (Å²) in [6.45, 7) is 1.86. The van der Waals surface area contributed by atoms with Gasteiger partial charge in [-0.1, -0.05) is 0 Å². The fourth-order valence-corrected chi connectivity index (χ4v) is 3.62. The second-order valence-electron chi connectivity index (χ2n) is 5.00. The zero-order chi connectivity index (χ0) is 13.6. The molecule has 0 atom stereocenters. The van der Waals surface area contributed by atoms with E-state index in [0.717, 1.165) is 19.3 Å². The van der Waals surface area contributed by atoms with E-state index in [9.17, 15) is 13.2 Å². The highest BCUT2D eigenvalue weighted by molar-refractivity contribution is 7.89. The van der Waals surface area contributed by atoms with Crippen molar-refractivity contribution in [2.45, 2.75) is 36.6 Å². The Bertz CT molecular complexity index is 584. The van der Waals surface area contributed by atoms with Crippen LogP contribution in [-0.4, -0.2) is 29.6 Å². The van der Waals surface area contributed by atoms with Gasteiger partial charge in [0.1, 0.15) is 10.6 Å². The van der Waals surface area contributed by atoms with Crippen LogP contribution in [0.4, 0.5) is 0 Å². The first-order chi connectivity index (χ1) is 8.23. The summed E-state index contributed by atoms with van der Waals surface area (Å²) in [6.07, 6.45) is 3.94. The Balaban J connectivity index is 2.30. The maximum atomic E-state index is 12.1. The van der Waals surface area contributed by atoms with E-state index in [0.29, 0.717) is 0 Å². The molecule has 1 aliphatic carbocycles. The number of carboxylic acids is 1. The maximum absolute atomic E-state index is 12.1. The lowest BCUT2D eigenvalue weighted by molar-refractivity contribution is 0.0686. The molecule has 6 nitrogen and oxygen atoms in total. The largest absolute Gasteiger partial charge is 0.477 e. The summed E-state index contributed by atoms with van der Waals surface area (Å²) in [7, 11) is -2.14. The van der Waals surface area contributed by atoms with E-state index in [4.69, 9.17) is 5.11 Å². The van der Waals surface area contributed by atoms with E-state index in [1.165, 1.54) is 23.9 Å². The number of carboxylic acid groups (broad SMARTS) is 1. The van der Waals surface area contributed by atoms with Crippen LogP contribution in [0.25, 0.3) is 0 Å². The Morgan fingerprint density at radius 3 is 2.50 bits per heavy atom. The third-order valence-corrected chi connectivity index (χ3v) is 4.95. The summed E-state index contributed by atoms with van der Waals surface area (Å²) < 4.78 is 28.1. The van der Waals surface area contributed by atoms with Crippen molar-refractivity contribution in [1.29, 1.82) is 0 Å². The van der Waals surface area contributed by atoms with Crippen molar-refractivity contribution in [2.24, 2.45) is 7.05 Å². The predicted molar refractivity (Wildman–Crippen MR) is 64.9 cm³/mol. The van der Waals surface area contributed by atoms with Gasteiger partial charge in [0.2, 0.25) is 10.0 Å². The van der Waals surface area contributed by atoms with Crippen molar-refractivity contribution in [1.82, 2.24) is 9.29 Å². The van der Waals surface area contributed by atoms with Gasteiger partial charge in [-0.05, 0) is 32.3 Å². The molecule has 1 saturated carbocycles. The Hall–Kier alpha value is -1.34. The van der Waals surface area contributed by atoms with Gasteiger partial charge in [0.25, 0.3) is 0 Å². The van der Waals surface area contributed by atoms with Gasteiger partial charge in [0, 0.05) is 18.8 Å². The summed E-state index contributed by atoms with van der Waals surface area (Å²) in [4.78, 5) is 10.9. The molecule has 2 rings (SSSR count). The first-order valence-electron chi connectivity index (χ1n) is 5.67. The zero-order valence-electron chi connectivity index (χ0n) is 10.3. The van der Waals surface area contributed by atoms with E-state index in [1.807, 2.05) is 6.92 Å². The molecule has 0 aromatic carbocycles. The van der Waals surface area contributed by atoms with E-state index in [2.05, 4.69) is 4.72 Å². The highest BCUT2D eigenvalue weighted by atomic mass is 32.2. The second-order valence-corrected chi connectivity index (χ2v) is 6.68. The van der Waals surface area contributed by atoms with Gasteiger partial charge in [-0.15, -0.1) is 0 Å². The zero-order valence-corrected chi connectivity index (χ0v) is 11.1. The van der Waals surface area contributed by atoms with Crippen LogP contribution >= 0.6 is 0 Å². The molecule has 1 heterocycles. The van der Waals surface area contributed by atoms with Gasteiger partial charge in [0.05, 0.1) is 0 Å². The molecule has 0 radical (unpaired) electrons. The Morgan fingerprint density at radius 1 is 1.50 bits per heavy atom. The molecule has 7 heteroatoms. The van der Waals surface area contributed by atoms with E-state index >= 15 is 0 Å². The molecule has 18 heavy (non-hydrogen) atoms. The topological polar surface area (TPSA) is 88.4 Å². The second kappa shape index (κ2) is 4.10. The predicted octanol–water partition coefficient (Wildman–Crippen LogP) is 0.944. The van der Waals surface area contributed by atoms with Crippen molar-refractivity contribution in [2.75, 3.05) is 0 Å². The molecule has 1 fully saturated rings. The number of aromatic nitrogens is 1. The molecule has 0 aliphatic heterocycles. The van der Waals surface area contributed by atoms with Gasteiger partial charge in [0.15, 0.2) is 0 Å². The summed E-state index contributed by atoms with van der Waals surface area (Å²) >= 11 is 0. The maximum Gasteiger partial charge on any atom is 0.352 e. The van der Waals surface area contributed by atoms with Crippen molar-refractivity contribution in [3.8, 4) is 0 Å². The first kappa shape index (κ1) is 13.1. The van der Waals surface area contributed by atoms with E-state index in [1.54, 1.807) is 0 Å². The number of aromatic carboxylic acids is 1. The molecule has 0 unspecified atom stereocenters. The molecule has 0 bridgehead atoms. The van der Waals surface area contributed by atoms with E-state index < -0.39 is 21.5 Å². The Labute approximate surface area is 106 Å². The highest BCUT2D eigenvalue weighted by Gasteiger charge is 2.36. The van der Waals surface area contributed by atoms with E-state index in [-0.39, 0.29) is 10.6 Å². The lowest BCUT2D eigenvalue weighted by Gasteiger charge is -2.38. The lowest BCUT2D eigenvalue weighted by Crippen LogP contribution is -2.50. The monoisotopic (exact) mass is 272 g/mol. The first-order valence-corrected chi connectivity index (χ1v) is 7.15. The Morgan fingerprint density at radius 2 is 2.11 bits per heavy atom. The number of nitrogens with one attached hydrogen (secondary N) is 1. The Kier molecular flexibility index (Phi) is 2.98. The van der Waals surface area contributed by atoms with Gasteiger partial charge in [-0.2, -0.15) is 0 Å². The summed E-state index contributed by atoms with van der Waals surface area (Å²) in [6, 6.07) is 1.17. The van der Waals surface area contributed by atoms with Crippen LogP contribution in [0.5, 0.6) is 0 Å². The van der Waals surface area contributed by atoms with Crippen LogP contribution in [0, 0.1) is 0 Å². The van der Waals surface area contributed by atoms with Gasteiger partial charge >= 0.3 is 5.97 Å². The standard InChI is InChI=1S/C11H16N2O4S/c1-11(4-3-5-11)12-18(16,17)8-6-9(10(14)15)13(2)7-8/h6-7,12H,3-5H2,1-2H3,(H,14,15). The molecule has 1 aromatic rings. The fourth-order valence-electron chi connectivity index (χ4n) is 2.09. The van der Waals surface area contributed by atoms with Gasteiger partial charge in [-0.3, -0.25) is 0 Å². The van der Waals surface area contributed by atoms with Gasteiger partial charge in [-0.25, -0.2) is 17.9 Å². The molecule has 0 saturated heterocycles. The minimum Gasteiger partial charge on any atom is -0.477 e. The third-order valence-electron chi connectivity index (χ3n) is 3.35. The van der Waals surface area contributed by atoms with Crippen LogP contribution in [0.2, 0.25) is 0 Å². The summed E-state index contributed by atoms with van der Waals surface area (Å²) in [5.74, 6) is -1.14. The fraction of sp³-hybridized carbons (Fsp3) is 0.545. The lowest BCUT2D eigenvalue weighted by atomic mass is 9.80.